The number of nitriles is 1. The van der Waals surface area contributed by atoms with Crippen molar-refractivity contribution < 1.29 is 9.90 Å². The van der Waals surface area contributed by atoms with Gasteiger partial charge in [0.25, 0.3) is 0 Å². The number of rotatable bonds is 3. The standard InChI is InChI=1S/C20H13N3O2/c21-11-14(20(24)25)19(17-9-12-5-1-3-7-15(12)22-17)18-10-13-6-2-4-8-16(13)23-18/h1-10,22-23H,(H,24,25). The van der Waals surface area contributed by atoms with Crippen molar-refractivity contribution in [1.82, 2.24) is 9.97 Å². The van der Waals surface area contributed by atoms with E-state index in [0.717, 1.165) is 21.8 Å². The van der Waals surface area contributed by atoms with E-state index in [0.29, 0.717) is 17.0 Å². The van der Waals surface area contributed by atoms with E-state index in [2.05, 4.69) is 9.97 Å². The lowest BCUT2D eigenvalue weighted by atomic mass is 10.0. The van der Waals surface area contributed by atoms with E-state index in [1.54, 1.807) is 0 Å². The van der Waals surface area contributed by atoms with Gasteiger partial charge in [0.1, 0.15) is 11.6 Å². The highest BCUT2D eigenvalue weighted by Crippen LogP contribution is 2.30. The second kappa shape index (κ2) is 5.69. The van der Waals surface area contributed by atoms with Gasteiger partial charge in [-0.15, -0.1) is 0 Å². The second-order valence-corrected chi connectivity index (χ2v) is 5.71. The molecule has 0 aliphatic rings. The van der Waals surface area contributed by atoms with Gasteiger partial charge in [-0.2, -0.15) is 5.26 Å². The zero-order valence-corrected chi connectivity index (χ0v) is 13.1. The molecule has 5 heteroatoms. The molecule has 4 aromatic rings. The third kappa shape index (κ3) is 2.46. The lowest BCUT2D eigenvalue weighted by molar-refractivity contribution is -0.132. The quantitative estimate of drug-likeness (QED) is 0.391. The number of nitrogens with zero attached hydrogens (tertiary/aromatic N) is 1. The van der Waals surface area contributed by atoms with Crippen molar-refractivity contribution >= 4 is 33.3 Å². The van der Waals surface area contributed by atoms with Crippen molar-refractivity contribution in [3.8, 4) is 6.07 Å². The molecular formula is C20H13N3O2. The Kier molecular flexibility index (Phi) is 3.37. The van der Waals surface area contributed by atoms with Gasteiger partial charge in [-0.05, 0) is 24.3 Å². The summed E-state index contributed by atoms with van der Waals surface area (Å²) in [5.41, 5.74) is 2.99. The summed E-state index contributed by atoms with van der Waals surface area (Å²) in [6.07, 6.45) is 0. The molecule has 2 aromatic heterocycles. The highest BCUT2D eigenvalue weighted by Gasteiger charge is 2.21. The van der Waals surface area contributed by atoms with E-state index in [4.69, 9.17) is 0 Å². The molecule has 2 heterocycles. The summed E-state index contributed by atoms with van der Waals surface area (Å²) in [5.74, 6) is -1.25. The number of para-hydroxylation sites is 2. The topological polar surface area (TPSA) is 92.7 Å². The van der Waals surface area contributed by atoms with Gasteiger partial charge in [-0.25, -0.2) is 4.79 Å². The number of hydrogen-bond acceptors (Lipinski definition) is 2. The summed E-state index contributed by atoms with van der Waals surface area (Å²) in [7, 11) is 0. The Morgan fingerprint density at radius 2 is 1.36 bits per heavy atom. The predicted octanol–water partition coefficient (Wildman–Crippen LogP) is 4.06. The number of aliphatic carboxylic acids is 1. The van der Waals surface area contributed by atoms with Gasteiger partial charge < -0.3 is 15.1 Å². The van der Waals surface area contributed by atoms with E-state index in [1.165, 1.54) is 0 Å². The molecule has 0 radical (unpaired) electrons. The minimum atomic E-state index is -1.25. The normalized spacial score (nSPS) is 10.7. The molecule has 25 heavy (non-hydrogen) atoms. The number of aromatic amines is 2. The van der Waals surface area contributed by atoms with Crippen molar-refractivity contribution in [2.75, 3.05) is 0 Å². The van der Waals surface area contributed by atoms with Crippen LogP contribution in [-0.2, 0) is 4.79 Å². The van der Waals surface area contributed by atoms with E-state index >= 15 is 0 Å². The van der Waals surface area contributed by atoms with Crippen molar-refractivity contribution in [2.45, 2.75) is 0 Å². The summed E-state index contributed by atoms with van der Waals surface area (Å²) < 4.78 is 0. The second-order valence-electron chi connectivity index (χ2n) is 5.71. The largest absolute Gasteiger partial charge is 0.477 e. The van der Waals surface area contributed by atoms with Crippen LogP contribution in [0.2, 0.25) is 0 Å². The van der Waals surface area contributed by atoms with Crippen LogP contribution in [0.25, 0.3) is 27.4 Å². The molecule has 0 saturated heterocycles. The Hall–Kier alpha value is -3.78. The highest BCUT2D eigenvalue weighted by atomic mass is 16.4. The fraction of sp³-hybridized carbons (Fsp3) is 0. The van der Waals surface area contributed by atoms with E-state index in [-0.39, 0.29) is 5.57 Å². The Morgan fingerprint density at radius 1 is 0.880 bits per heavy atom. The minimum absolute atomic E-state index is 0.307. The average Bonchev–Trinajstić information content (AvgIpc) is 3.22. The lowest BCUT2D eigenvalue weighted by Gasteiger charge is -2.05. The molecule has 0 amide bonds. The van der Waals surface area contributed by atoms with Crippen LogP contribution >= 0.6 is 0 Å². The maximum absolute atomic E-state index is 11.6. The molecule has 0 aliphatic carbocycles. The number of aromatic nitrogens is 2. The number of carbonyl (C=O) groups is 1. The van der Waals surface area contributed by atoms with Crippen molar-refractivity contribution in [3.05, 3.63) is 77.6 Å². The third-order valence-corrected chi connectivity index (χ3v) is 4.17. The summed E-state index contributed by atoms with van der Waals surface area (Å²) in [4.78, 5) is 18.1. The van der Waals surface area contributed by atoms with Crippen LogP contribution in [-0.4, -0.2) is 21.0 Å². The van der Waals surface area contributed by atoms with Crippen LogP contribution in [0.3, 0.4) is 0 Å². The summed E-state index contributed by atoms with van der Waals surface area (Å²) in [6, 6.07) is 20.9. The molecule has 5 nitrogen and oxygen atoms in total. The summed E-state index contributed by atoms with van der Waals surface area (Å²) >= 11 is 0. The van der Waals surface area contributed by atoms with E-state index in [9.17, 15) is 15.2 Å². The zero-order valence-electron chi connectivity index (χ0n) is 13.1. The first-order valence-electron chi connectivity index (χ1n) is 7.71. The van der Waals surface area contributed by atoms with Crippen LogP contribution < -0.4 is 0 Å². The average molecular weight is 327 g/mol. The Morgan fingerprint density at radius 3 is 1.76 bits per heavy atom. The number of carboxylic acids is 1. The molecule has 4 rings (SSSR count). The molecule has 120 valence electrons. The van der Waals surface area contributed by atoms with Gasteiger partial charge in [0.15, 0.2) is 0 Å². The summed E-state index contributed by atoms with van der Waals surface area (Å²) in [5, 5.41) is 20.8. The molecule has 0 aliphatic heterocycles. The fourth-order valence-corrected chi connectivity index (χ4v) is 3.04. The number of fused-ring (bicyclic) bond motifs is 2. The van der Waals surface area contributed by atoms with Crippen molar-refractivity contribution in [1.29, 1.82) is 5.26 Å². The van der Waals surface area contributed by atoms with Gasteiger partial charge in [-0.3, -0.25) is 0 Å². The number of hydrogen-bond donors (Lipinski definition) is 3. The minimum Gasteiger partial charge on any atom is -0.477 e. The Balaban J connectivity index is 2.02. The monoisotopic (exact) mass is 327 g/mol. The molecule has 0 atom stereocenters. The Bertz CT molecular complexity index is 1050. The van der Waals surface area contributed by atoms with Crippen LogP contribution in [0.15, 0.2) is 66.2 Å². The summed E-state index contributed by atoms with van der Waals surface area (Å²) in [6.45, 7) is 0. The SMILES string of the molecule is N#CC(C(=O)O)=C(c1cc2ccccc2[nH]1)c1cc2ccccc2[nH]1. The van der Waals surface area contributed by atoms with Gasteiger partial charge in [0, 0.05) is 27.4 Å². The van der Waals surface area contributed by atoms with Gasteiger partial charge >= 0.3 is 5.97 Å². The third-order valence-electron chi connectivity index (χ3n) is 4.17. The predicted molar refractivity (Wildman–Crippen MR) is 95.9 cm³/mol. The number of H-pyrrole nitrogens is 2. The molecule has 0 fully saturated rings. The highest BCUT2D eigenvalue weighted by molar-refractivity contribution is 6.05. The molecule has 3 N–H and O–H groups in total. The number of benzene rings is 2. The molecular weight excluding hydrogens is 314 g/mol. The smallest absolute Gasteiger partial charge is 0.347 e. The van der Waals surface area contributed by atoms with Crippen LogP contribution in [0, 0.1) is 11.3 Å². The fourth-order valence-electron chi connectivity index (χ4n) is 3.04. The van der Waals surface area contributed by atoms with E-state index in [1.807, 2.05) is 66.7 Å². The van der Waals surface area contributed by atoms with Gasteiger partial charge in [0.05, 0.1) is 11.4 Å². The molecule has 0 spiro atoms. The van der Waals surface area contributed by atoms with E-state index < -0.39 is 5.97 Å². The molecule has 0 saturated carbocycles. The first kappa shape index (κ1) is 14.8. The van der Waals surface area contributed by atoms with Crippen LogP contribution in [0.4, 0.5) is 0 Å². The van der Waals surface area contributed by atoms with Crippen molar-refractivity contribution in [2.24, 2.45) is 0 Å². The first-order chi connectivity index (χ1) is 12.2. The van der Waals surface area contributed by atoms with Gasteiger partial charge in [-0.1, -0.05) is 36.4 Å². The zero-order chi connectivity index (χ0) is 17.4. The van der Waals surface area contributed by atoms with Gasteiger partial charge in [0.2, 0.25) is 0 Å². The van der Waals surface area contributed by atoms with Crippen molar-refractivity contribution in [3.63, 3.8) is 0 Å². The molecule has 0 unspecified atom stereocenters. The molecule has 0 bridgehead atoms. The van der Waals surface area contributed by atoms with Crippen LogP contribution in [0.5, 0.6) is 0 Å². The number of nitrogens with one attached hydrogen (secondary N) is 2. The first-order valence-corrected chi connectivity index (χ1v) is 7.71. The maximum Gasteiger partial charge on any atom is 0.347 e. The number of carboxylic acid groups (broad SMARTS) is 1. The molecule has 2 aromatic carbocycles. The Labute approximate surface area is 142 Å². The maximum atomic E-state index is 11.6. The lowest BCUT2D eigenvalue weighted by Crippen LogP contribution is -2.04. The van der Waals surface area contributed by atoms with Crippen LogP contribution in [0.1, 0.15) is 11.4 Å².